The number of aromatic nitrogens is 2. The normalized spacial score (nSPS) is 25.4. The van der Waals surface area contributed by atoms with Gasteiger partial charge in [-0.1, -0.05) is 0 Å². The first-order valence-electron chi connectivity index (χ1n) is 8.13. The molecule has 1 amide bonds. The van der Waals surface area contributed by atoms with E-state index in [1.807, 2.05) is 19.0 Å². The van der Waals surface area contributed by atoms with E-state index in [-0.39, 0.29) is 31.5 Å². The minimum absolute atomic E-state index is 0.0383. The Labute approximate surface area is 146 Å². The number of nitrogens with zero attached hydrogens (tertiary/aromatic N) is 5. The van der Waals surface area contributed by atoms with E-state index in [1.165, 1.54) is 13.3 Å². The van der Waals surface area contributed by atoms with Gasteiger partial charge in [-0.05, 0) is 14.1 Å². The summed E-state index contributed by atoms with van der Waals surface area (Å²) in [7, 11) is 5.16. The molecule has 1 aromatic heterocycles. The second kappa shape index (κ2) is 6.47. The van der Waals surface area contributed by atoms with E-state index >= 15 is 0 Å². The van der Waals surface area contributed by atoms with Crippen LogP contribution in [-0.4, -0.2) is 90.7 Å². The molecule has 0 radical (unpaired) electrons. The number of carboxylic acid groups (broad SMARTS) is 1. The summed E-state index contributed by atoms with van der Waals surface area (Å²) in [5.74, 6) is -0.135. The van der Waals surface area contributed by atoms with Crippen LogP contribution in [0.2, 0.25) is 0 Å². The van der Waals surface area contributed by atoms with E-state index in [2.05, 4.69) is 9.97 Å². The second-order valence-corrected chi connectivity index (χ2v) is 6.94. The number of anilines is 1. The highest BCUT2D eigenvalue weighted by Gasteiger charge is 2.59. The molecule has 9 heteroatoms. The van der Waals surface area contributed by atoms with Crippen LogP contribution in [0.1, 0.15) is 0 Å². The summed E-state index contributed by atoms with van der Waals surface area (Å²) < 4.78 is 5.24. The molecule has 25 heavy (non-hydrogen) atoms. The number of likely N-dealkylation sites (tertiary alicyclic amines) is 1. The van der Waals surface area contributed by atoms with Crippen LogP contribution in [0.15, 0.2) is 12.4 Å². The van der Waals surface area contributed by atoms with Crippen LogP contribution >= 0.6 is 0 Å². The number of rotatable bonds is 5. The van der Waals surface area contributed by atoms with Crippen molar-refractivity contribution in [3.05, 3.63) is 12.4 Å². The van der Waals surface area contributed by atoms with E-state index in [0.717, 1.165) is 0 Å². The van der Waals surface area contributed by atoms with Crippen molar-refractivity contribution in [2.75, 3.05) is 58.8 Å². The van der Waals surface area contributed by atoms with Gasteiger partial charge in [-0.15, -0.1) is 0 Å². The van der Waals surface area contributed by atoms with Gasteiger partial charge in [0.1, 0.15) is 5.41 Å². The number of carboxylic acids is 1. The second-order valence-electron chi connectivity index (χ2n) is 6.94. The summed E-state index contributed by atoms with van der Waals surface area (Å²) in [6, 6.07) is 0. The van der Waals surface area contributed by atoms with Gasteiger partial charge in [0.2, 0.25) is 5.91 Å². The molecule has 136 valence electrons. The number of hydrogen-bond acceptors (Lipinski definition) is 7. The number of ether oxygens (including phenoxy) is 1. The fourth-order valence-corrected chi connectivity index (χ4v) is 3.77. The fraction of sp³-hybridized carbons (Fsp3) is 0.625. The van der Waals surface area contributed by atoms with Crippen LogP contribution in [0.25, 0.3) is 0 Å². The van der Waals surface area contributed by atoms with Gasteiger partial charge < -0.3 is 24.5 Å². The summed E-state index contributed by atoms with van der Waals surface area (Å²) in [5, 5.41) is 9.90. The lowest BCUT2D eigenvalue weighted by molar-refractivity contribution is -0.148. The number of aliphatic carboxylic acids is 1. The number of hydrogen-bond donors (Lipinski definition) is 1. The number of fused-ring (bicyclic) bond motifs is 1. The van der Waals surface area contributed by atoms with E-state index in [4.69, 9.17) is 4.74 Å². The van der Waals surface area contributed by atoms with Gasteiger partial charge in [0.05, 0.1) is 13.7 Å². The van der Waals surface area contributed by atoms with Crippen molar-refractivity contribution in [1.29, 1.82) is 0 Å². The fourth-order valence-electron chi connectivity index (χ4n) is 3.77. The number of amides is 1. The minimum atomic E-state index is -0.982. The Bertz CT molecular complexity index is 682. The quantitative estimate of drug-likeness (QED) is 0.752. The smallest absolute Gasteiger partial charge is 0.313 e. The highest BCUT2D eigenvalue weighted by Crippen LogP contribution is 2.45. The van der Waals surface area contributed by atoms with Crippen molar-refractivity contribution < 1.29 is 19.4 Å². The van der Waals surface area contributed by atoms with Crippen molar-refractivity contribution >= 4 is 17.7 Å². The van der Waals surface area contributed by atoms with Crippen LogP contribution in [-0.2, 0) is 9.59 Å². The van der Waals surface area contributed by atoms with Crippen molar-refractivity contribution in [3.63, 3.8) is 0 Å². The van der Waals surface area contributed by atoms with Gasteiger partial charge >= 0.3 is 5.97 Å². The first kappa shape index (κ1) is 17.4. The minimum Gasteiger partial charge on any atom is -0.481 e. The topological polar surface area (TPSA) is 99.1 Å². The third-order valence-electron chi connectivity index (χ3n) is 4.98. The van der Waals surface area contributed by atoms with Crippen molar-refractivity contribution in [1.82, 2.24) is 19.8 Å². The van der Waals surface area contributed by atoms with Crippen molar-refractivity contribution in [2.45, 2.75) is 0 Å². The standard InChI is InChI=1S/C16H23N5O4/c1-19(2)8-12(22)20-6-11-7-21(10-16(11,9-20)15(23)24)13-14(25-3)18-5-4-17-13/h4-5,11H,6-10H2,1-3H3,(H,23,24)/t11-,16-/m1/s1. The van der Waals surface area contributed by atoms with Crippen LogP contribution in [0.4, 0.5) is 5.82 Å². The maximum Gasteiger partial charge on any atom is 0.313 e. The highest BCUT2D eigenvalue weighted by molar-refractivity contribution is 5.83. The molecule has 2 aliphatic rings. The maximum atomic E-state index is 12.3. The maximum absolute atomic E-state index is 12.3. The van der Waals surface area contributed by atoms with Crippen LogP contribution in [0.3, 0.4) is 0 Å². The van der Waals surface area contributed by atoms with Gasteiger partial charge in [-0.25, -0.2) is 9.97 Å². The lowest BCUT2D eigenvalue weighted by atomic mass is 9.81. The summed E-state index contributed by atoms with van der Waals surface area (Å²) >= 11 is 0. The SMILES string of the molecule is COc1nccnc1N1C[C@H]2CN(C(=O)CN(C)C)C[C@@]2(C(=O)O)C1. The van der Waals surface area contributed by atoms with E-state index < -0.39 is 11.4 Å². The Kier molecular flexibility index (Phi) is 4.51. The van der Waals surface area contributed by atoms with E-state index in [9.17, 15) is 14.7 Å². The Morgan fingerprint density at radius 1 is 1.32 bits per heavy atom. The molecular formula is C16H23N5O4. The Morgan fingerprint density at radius 3 is 2.64 bits per heavy atom. The first-order chi connectivity index (χ1) is 11.9. The molecule has 0 aromatic carbocycles. The number of methoxy groups -OCH3 is 1. The molecule has 0 unspecified atom stereocenters. The molecule has 0 bridgehead atoms. The lowest BCUT2D eigenvalue weighted by Gasteiger charge is -2.26. The zero-order valence-electron chi connectivity index (χ0n) is 14.7. The largest absolute Gasteiger partial charge is 0.481 e. The van der Waals surface area contributed by atoms with Crippen LogP contribution in [0, 0.1) is 11.3 Å². The predicted molar refractivity (Wildman–Crippen MR) is 89.5 cm³/mol. The molecule has 2 saturated heterocycles. The average molecular weight is 349 g/mol. The van der Waals surface area contributed by atoms with Crippen molar-refractivity contribution in [2.24, 2.45) is 11.3 Å². The molecule has 0 aliphatic carbocycles. The van der Waals surface area contributed by atoms with Crippen LogP contribution in [0.5, 0.6) is 5.88 Å². The molecule has 2 fully saturated rings. The first-order valence-corrected chi connectivity index (χ1v) is 8.13. The third kappa shape index (κ3) is 2.99. The van der Waals surface area contributed by atoms with Gasteiger partial charge in [-0.2, -0.15) is 0 Å². The summed E-state index contributed by atoms with van der Waals surface area (Å²) in [6.45, 7) is 1.74. The molecule has 2 aliphatic heterocycles. The molecule has 1 N–H and O–H groups in total. The molecule has 3 heterocycles. The molecule has 1 aromatic rings. The van der Waals surface area contributed by atoms with E-state index in [1.54, 1.807) is 16.0 Å². The molecule has 0 saturated carbocycles. The number of likely N-dealkylation sites (N-methyl/N-ethyl adjacent to an activating group) is 1. The highest BCUT2D eigenvalue weighted by atomic mass is 16.5. The summed E-state index contributed by atoms with van der Waals surface area (Å²) in [6.07, 6.45) is 3.10. The van der Waals surface area contributed by atoms with Crippen LogP contribution < -0.4 is 9.64 Å². The molecular weight excluding hydrogens is 326 g/mol. The predicted octanol–water partition coefficient (Wildman–Crippen LogP) is -0.604. The number of carbonyl (C=O) groups is 2. The zero-order valence-corrected chi connectivity index (χ0v) is 14.7. The molecule has 9 nitrogen and oxygen atoms in total. The number of carbonyl (C=O) groups excluding carboxylic acids is 1. The molecule has 0 spiro atoms. The zero-order chi connectivity index (χ0) is 18.2. The van der Waals surface area contributed by atoms with Gasteiger partial charge in [0.15, 0.2) is 5.82 Å². The molecule has 3 rings (SSSR count). The Hall–Kier alpha value is -2.42. The average Bonchev–Trinajstić information content (AvgIpc) is 3.09. The van der Waals surface area contributed by atoms with Gasteiger partial charge in [0.25, 0.3) is 5.88 Å². The lowest BCUT2D eigenvalue weighted by Crippen LogP contribution is -2.43. The molecule has 2 atom stereocenters. The van der Waals surface area contributed by atoms with Gasteiger partial charge in [-0.3, -0.25) is 9.59 Å². The van der Waals surface area contributed by atoms with Crippen molar-refractivity contribution in [3.8, 4) is 5.88 Å². The Morgan fingerprint density at radius 2 is 2.04 bits per heavy atom. The summed E-state index contributed by atoms with van der Waals surface area (Å²) in [5.41, 5.74) is -0.982. The monoisotopic (exact) mass is 349 g/mol. The third-order valence-corrected chi connectivity index (χ3v) is 4.98. The summed E-state index contributed by atoms with van der Waals surface area (Å²) in [4.78, 5) is 38.2. The van der Waals surface area contributed by atoms with Gasteiger partial charge in [0, 0.05) is 44.5 Å². The van der Waals surface area contributed by atoms with E-state index in [0.29, 0.717) is 24.8 Å². The Balaban J connectivity index is 1.82.